The number of Topliss-reactive ketones (excluding diaryl/α,β-unsaturated/α-hetero) is 1. The van der Waals surface area contributed by atoms with Gasteiger partial charge in [0.1, 0.15) is 5.78 Å². The minimum Gasteiger partial charge on any atom is -0.300 e. The standard InChI is InChI=1S/C18H26OS/c1-17(2,3)13-6-8-15(9-7-13)20-16-10-14(19)11-18(4,5)12-16/h6-9,16H,10-12H2,1-5H3/t16-/m1/s1. The van der Waals surface area contributed by atoms with E-state index in [1.807, 2.05) is 11.8 Å². The molecule has 0 radical (unpaired) electrons. The third-order valence-electron chi connectivity index (χ3n) is 3.93. The lowest BCUT2D eigenvalue weighted by atomic mass is 9.77. The lowest BCUT2D eigenvalue weighted by molar-refractivity contribution is -0.122. The predicted octanol–water partition coefficient (Wildman–Crippen LogP) is 5.22. The molecule has 1 aromatic rings. The maximum Gasteiger partial charge on any atom is 0.134 e. The lowest BCUT2D eigenvalue weighted by Crippen LogP contribution is -2.30. The zero-order valence-corrected chi connectivity index (χ0v) is 14.1. The van der Waals surface area contributed by atoms with E-state index in [2.05, 4.69) is 58.9 Å². The Balaban J connectivity index is 2.05. The minimum atomic E-state index is 0.165. The summed E-state index contributed by atoms with van der Waals surface area (Å²) in [6, 6.07) is 8.85. The molecule has 1 atom stereocenters. The highest BCUT2D eigenvalue weighted by Gasteiger charge is 2.33. The van der Waals surface area contributed by atoms with Crippen molar-refractivity contribution in [1.82, 2.24) is 0 Å². The predicted molar refractivity (Wildman–Crippen MR) is 87.4 cm³/mol. The maximum absolute atomic E-state index is 11.9. The Morgan fingerprint density at radius 1 is 1.15 bits per heavy atom. The summed E-state index contributed by atoms with van der Waals surface area (Å²) in [7, 11) is 0. The molecule has 2 rings (SSSR count). The summed E-state index contributed by atoms with van der Waals surface area (Å²) in [5.41, 5.74) is 1.73. The Hall–Kier alpha value is -0.760. The molecule has 2 heteroatoms. The first-order valence-corrected chi connectivity index (χ1v) is 8.33. The highest BCUT2D eigenvalue weighted by atomic mass is 32.2. The van der Waals surface area contributed by atoms with Crippen LogP contribution in [0.2, 0.25) is 0 Å². The molecule has 0 aromatic heterocycles. The summed E-state index contributed by atoms with van der Waals surface area (Å²) >= 11 is 1.87. The number of rotatable bonds is 2. The van der Waals surface area contributed by atoms with Crippen LogP contribution in [0.5, 0.6) is 0 Å². The van der Waals surface area contributed by atoms with E-state index in [0.717, 1.165) is 19.3 Å². The molecule has 20 heavy (non-hydrogen) atoms. The summed E-state index contributed by atoms with van der Waals surface area (Å²) in [6.45, 7) is 11.1. The summed E-state index contributed by atoms with van der Waals surface area (Å²) in [4.78, 5) is 13.1. The van der Waals surface area contributed by atoms with Crippen LogP contribution in [0, 0.1) is 5.41 Å². The van der Waals surface area contributed by atoms with Crippen molar-refractivity contribution < 1.29 is 4.79 Å². The Morgan fingerprint density at radius 3 is 2.25 bits per heavy atom. The van der Waals surface area contributed by atoms with Gasteiger partial charge in [-0.05, 0) is 34.9 Å². The van der Waals surface area contributed by atoms with E-state index in [4.69, 9.17) is 0 Å². The van der Waals surface area contributed by atoms with Crippen LogP contribution in [0.25, 0.3) is 0 Å². The van der Waals surface area contributed by atoms with Crippen molar-refractivity contribution in [3.05, 3.63) is 29.8 Å². The molecule has 1 aliphatic rings. The number of carbonyl (C=O) groups is 1. The zero-order chi connectivity index (χ0) is 15.0. The van der Waals surface area contributed by atoms with Crippen LogP contribution < -0.4 is 0 Å². The van der Waals surface area contributed by atoms with E-state index in [0.29, 0.717) is 11.0 Å². The minimum absolute atomic E-state index is 0.165. The molecule has 0 N–H and O–H groups in total. The van der Waals surface area contributed by atoms with Crippen molar-refractivity contribution in [2.24, 2.45) is 5.41 Å². The highest BCUT2D eigenvalue weighted by Crippen LogP contribution is 2.41. The van der Waals surface area contributed by atoms with Crippen LogP contribution in [0.15, 0.2) is 29.2 Å². The Bertz CT molecular complexity index is 479. The van der Waals surface area contributed by atoms with Gasteiger partial charge in [-0.25, -0.2) is 0 Å². The van der Waals surface area contributed by atoms with Gasteiger partial charge in [0.2, 0.25) is 0 Å². The number of benzene rings is 1. The average Bonchev–Trinajstić information content (AvgIpc) is 2.25. The van der Waals surface area contributed by atoms with Crippen molar-refractivity contribution in [3.63, 3.8) is 0 Å². The molecule has 0 bridgehead atoms. The van der Waals surface area contributed by atoms with Crippen LogP contribution in [0.3, 0.4) is 0 Å². The first kappa shape index (κ1) is 15.6. The summed E-state index contributed by atoms with van der Waals surface area (Å²) in [5.74, 6) is 0.421. The van der Waals surface area contributed by atoms with E-state index >= 15 is 0 Å². The number of ketones is 1. The topological polar surface area (TPSA) is 17.1 Å². The van der Waals surface area contributed by atoms with Crippen LogP contribution in [0.4, 0.5) is 0 Å². The van der Waals surface area contributed by atoms with Gasteiger partial charge in [-0.3, -0.25) is 4.79 Å². The van der Waals surface area contributed by atoms with Gasteiger partial charge in [-0.15, -0.1) is 11.8 Å². The van der Waals surface area contributed by atoms with Gasteiger partial charge in [-0.2, -0.15) is 0 Å². The summed E-state index contributed by atoms with van der Waals surface area (Å²) in [6.07, 6.45) is 2.60. The second-order valence-electron chi connectivity index (χ2n) is 7.80. The monoisotopic (exact) mass is 290 g/mol. The van der Waals surface area contributed by atoms with E-state index < -0.39 is 0 Å². The first-order chi connectivity index (χ1) is 9.16. The second kappa shape index (κ2) is 5.55. The van der Waals surface area contributed by atoms with Gasteiger partial charge >= 0.3 is 0 Å². The number of hydrogen-bond acceptors (Lipinski definition) is 2. The normalized spacial score (nSPS) is 22.9. The molecule has 1 aliphatic carbocycles. The number of hydrogen-bond donors (Lipinski definition) is 0. The summed E-state index contributed by atoms with van der Waals surface area (Å²) in [5, 5.41) is 0.437. The van der Waals surface area contributed by atoms with Gasteiger partial charge in [0.25, 0.3) is 0 Å². The van der Waals surface area contributed by atoms with Gasteiger partial charge in [0.05, 0.1) is 0 Å². The molecule has 0 amide bonds. The Kier molecular flexibility index (Phi) is 4.34. The van der Waals surface area contributed by atoms with Crippen molar-refractivity contribution >= 4 is 17.5 Å². The highest BCUT2D eigenvalue weighted by molar-refractivity contribution is 8.00. The molecule has 1 saturated carbocycles. The molecular weight excluding hydrogens is 264 g/mol. The fourth-order valence-corrected chi connectivity index (χ4v) is 4.41. The smallest absolute Gasteiger partial charge is 0.134 e. The second-order valence-corrected chi connectivity index (χ2v) is 9.18. The van der Waals surface area contributed by atoms with Crippen molar-refractivity contribution in [2.45, 2.75) is 69.4 Å². The van der Waals surface area contributed by atoms with Crippen molar-refractivity contribution in [1.29, 1.82) is 0 Å². The third kappa shape index (κ3) is 4.12. The molecule has 0 aliphatic heterocycles. The lowest BCUT2D eigenvalue weighted by Gasteiger charge is -2.33. The molecule has 0 spiro atoms. The molecule has 0 heterocycles. The molecule has 1 fully saturated rings. The van der Waals surface area contributed by atoms with Crippen LogP contribution in [0.1, 0.15) is 59.4 Å². The zero-order valence-electron chi connectivity index (χ0n) is 13.3. The quantitative estimate of drug-likeness (QED) is 0.742. The van der Waals surface area contributed by atoms with Gasteiger partial charge in [-0.1, -0.05) is 46.8 Å². The molecule has 1 nitrogen and oxygen atoms in total. The average molecular weight is 290 g/mol. The van der Waals surface area contributed by atoms with E-state index in [-0.39, 0.29) is 10.8 Å². The first-order valence-electron chi connectivity index (χ1n) is 7.45. The number of thioether (sulfide) groups is 1. The molecule has 0 saturated heterocycles. The van der Waals surface area contributed by atoms with Crippen molar-refractivity contribution in [3.8, 4) is 0 Å². The fraction of sp³-hybridized carbons (Fsp3) is 0.611. The van der Waals surface area contributed by atoms with Crippen LogP contribution in [-0.2, 0) is 10.2 Å². The number of carbonyl (C=O) groups excluding carboxylic acids is 1. The van der Waals surface area contributed by atoms with E-state index in [1.165, 1.54) is 10.5 Å². The molecule has 0 unspecified atom stereocenters. The van der Waals surface area contributed by atoms with E-state index in [1.54, 1.807) is 0 Å². The Labute approximate surface area is 127 Å². The largest absolute Gasteiger partial charge is 0.300 e. The van der Waals surface area contributed by atoms with E-state index in [9.17, 15) is 4.79 Å². The van der Waals surface area contributed by atoms with Crippen LogP contribution in [-0.4, -0.2) is 11.0 Å². The van der Waals surface area contributed by atoms with Gasteiger partial charge < -0.3 is 0 Å². The molecule has 110 valence electrons. The SMILES string of the molecule is CC1(C)CC(=O)C[C@@H](Sc2ccc(C(C)(C)C)cc2)C1. The van der Waals surface area contributed by atoms with Crippen molar-refractivity contribution in [2.75, 3.05) is 0 Å². The fourth-order valence-electron chi connectivity index (χ4n) is 2.93. The third-order valence-corrected chi connectivity index (χ3v) is 5.15. The summed E-state index contributed by atoms with van der Waals surface area (Å²) < 4.78 is 0. The maximum atomic E-state index is 11.9. The molecule has 1 aromatic carbocycles. The van der Waals surface area contributed by atoms with Gasteiger partial charge in [0, 0.05) is 23.0 Å². The van der Waals surface area contributed by atoms with Gasteiger partial charge in [0.15, 0.2) is 0 Å². The Morgan fingerprint density at radius 2 is 1.75 bits per heavy atom. The molecular formula is C18H26OS. The van der Waals surface area contributed by atoms with Crippen LogP contribution >= 0.6 is 11.8 Å².